The van der Waals surface area contributed by atoms with Gasteiger partial charge >= 0.3 is 6.01 Å². The van der Waals surface area contributed by atoms with Gasteiger partial charge in [-0.1, -0.05) is 24.6 Å². The molecule has 49 heavy (non-hydrogen) atoms. The van der Waals surface area contributed by atoms with Gasteiger partial charge in [0, 0.05) is 56.5 Å². The molecule has 2 N–H and O–H groups in total. The molecule has 6 heterocycles. The number of benzene rings is 2. The van der Waals surface area contributed by atoms with E-state index >= 15 is 8.78 Å². The third-order valence-corrected chi connectivity index (χ3v) is 12.1. The number of aromatic nitrogens is 2. The topological polar surface area (TPSA) is 121 Å². The number of rotatable bonds is 4. The van der Waals surface area contributed by atoms with Gasteiger partial charge in [-0.3, -0.25) is 9.69 Å². The Morgan fingerprint density at radius 2 is 2.06 bits per heavy atom. The fraction of sp³-hybridized carbons (Fsp3) is 0.486. The summed E-state index contributed by atoms with van der Waals surface area (Å²) in [4.78, 5) is 29.0. The number of ether oxygens (including phenoxy) is 2. The van der Waals surface area contributed by atoms with Crippen molar-refractivity contribution in [2.45, 2.75) is 57.0 Å². The Morgan fingerprint density at radius 3 is 2.88 bits per heavy atom. The lowest BCUT2D eigenvalue weighted by atomic mass is 9.92. The van der Waals surface area contributed by atoms with Crippen molar-refractivity contribution >= 4 is 60.7 Å². The van der Waals surface area contributed by atoms with Crippen molar-refractivity contribution in [3.63, 3.8) is 0 Å². The molecule has 14 heteroatoms. The van der Waals surface area contributed by atoms with Crippen molar-refractivity contribution < 1.29 is 23.0 Å². The summed E-state index contributed by atoms with van der Waals surface area (Å²) in [5.41, 5.74) is 6.10. The predicted octanol–water partition coefficient (Wildman–Crippen LogP) is 6.36. The van der Waals surface area contributed by atoms with E-state index in [4.69, 9.17) is 36.8 Å². The minimum absolute atomic E-state index is 0.0104. The number of amides is 1. The first-order valence-electron chi connectivity index (χ1n) is 16.7. The van der Waals surface area contributed by atoms with Gasteiger partial charge in [0.25, 0.3) is 0 Å². The Kier molecular flexibility index (Phi) is 7.96. The van der Waals surface area contributed by atoms with E-state index in [1.54, 1.807) is 11.9 Å². The molecule has 2 aromatic heterocycles. The maximum absolute atomic E-state index is 17.3. The van der Waals surface area contributed by atoms with Gasteiger partial charge in [0.15, 0.2) is 11.6 Å². The fourth-order valence-electron chi connectivity index (χ4n) is 8.50. The van der Waals surface area contributed by atoms with Crippen molar-refractivity contribution in [2.75, 3.05) is 57.1 Å². The normalized spacial score (nSPS) is 24.2. The molecule has 0 bridgehead atoms. The van der Waals surface area contributed by atoms with E-state index in [-0.39, 0.29) is 90.0 Å². The van der Waals surface area contributed by atoms with Gasteiger partial charge in [0.05, 0.1) is 32.8 Å². The van der Waals surface area contributed by atoms with E-state index in [2.05, 4.69) is 22.8 Å². The zero-order valence-electron chi connectivity index (χ0n) is 27.3. The van der Waals surface area contributed by atoms with E-state index in [0.29, 0.717) is 44.3 Å². The number of anilines is 2. The molecule has 256 valence electrons. The largest absolute Gasteiger partial charge is 0.491 e. The molecule has 0 radical (unpaired) electrons. The number of nitrogen functional groups attached to an aromatic ring is 1. The molecule has 3 atom stereocenters. The van der Waals surface area contributed by atoms with Gasteiger partial charge in [0.1, 0.15) is 34.8 Å². The van der Waals surface area contributed by atoms with Crippen LogP contribution < -0.4 is 20.1 Å². The molecule has 0 aliphatic carbocycles. The van der Waals surface area contributed by atoms with Gasteiger partial charge in [0.2, 0.25) is 5.91 Å². The molecule has 1 amide bonds. The lowest BCUT2D eigenvalue weighted by Crippen LogP contribution is -2.46. The molecule has 1 unspecified atom stereocenters. The van der Waals surface area contributed by atoms with Gasteiger partial charge in [-0.2, -0.15) is 15.2 Å². The molecule has 2 aromatic carbocycles. The maximum atomic E-state index is 17.3. The summed E-state index contributed by atoms with van der Waals surface area (Å²) in [7, 11) is 1.80. The SMILES string of the molecule is C[C@H]1CN2CCC[C@@]2(COc2nc3c4c(c(Cl)c(-c5ccc(F)c6sc(N)c(C#N)c56)c(F)c4n2)OCCC2CC(=O)N(C)CCCN32)C1. The molecule has 0 saturated carbocycles. The monoisotopic (exact) mass is 707 g/mol. The second-order valence-electron chi connectivity index (χ2n) is 13.9. The second kappa shape index (κ2) is 12.1. The maximum Gasteiger partial charge on any atom is 0.319 e. The average molecular weight is 708 g/mol. The standard InChI is InChI=1S/C35H36ClF2N7O3S/c1-18-14-35(8-3-10-44(35)16-18)17-48-34-41-29-26-30(47-12-7-19-13-23(46)43(2)9-4-11-45(19)33(26)42-34)27(36)25(28(29)38)20-5-6-22(37)31-24(20)21(15-39)32(40)49-31/h5-6,18-19H,3-4,7-14,16-17,40H2,1-2H3/t18-,19?,35+/m1/s1. The number of hydrogen-bond acceptors (Lipinski definition) is 10. The second-order valence-corrected chi connectivity index (χ2v) is 15.3. The van der Waals surface area contributed by atoms with E-state index in [0.717, 1.165) is 43.7 Å². The summed E-state index contributed by atoms with van der Waals surface area (Å²) >= 11 is 8.02. The molecule has 10 nitrogen and oxygen atoms in total. The summed E-state index contributed by atoms with van der Waals surface area (Å²) in [5, 5.41) is 10.5. The Labute approximate surface area is 291 Å². The number of nitrogens with zero attached hydrogens (tertiary/aromatic N) is 6. The molecular weight excluding hydrogens is 672 g/mol. The molecular formula is C35H36ClF2N7O3S. The molecule has 0 spiro atoms. The van der Waals surface area contributed by atoms with Gasteiger partial charge in [-0.25, -0.2) is 8.78 Å². The first-order chi connectivity index (χ1) is 23.6. The number of carbonyl (C=O) groups is 1. The summed E-state index contributed by atoms with van der Waals surface area (Å²) in [6.07, 6.45) is 4.48. The smallest absolute Gasteiger partial charge is 0.319 e. The highest BCUT2D eigenvalue weighted by Gasteiger charge is 2.48. The lowest BCUT2D eigenvalue weighted by Gasteiger charge is -2.38. The molecule has 3 saturated heterocycles. The Morgan fingerprint density at radius 1 is 1.22 bits per heavy atom. The predicted molar refractivity (Wildman–Crippen MR) is 185 cm³/mol. The van der Waals surface area contributed by atoms with Crippen LogP contribution in [-0.2, 0) is 4.79 Å². The van der Waals surface area contributed by atoms with Crippen molar-refractivity contribution in [3.8, 4) is 29.0 Å². The highest BCUT2D eigenvalue weighted by molar-refractivity contribution is 7.23. The number of nitrogens with two attached hydrogens (primary N) is 1. The summed E-state index contributed by atoms with van der Waals surface area (Å²) in [6.45, 7) is 5.94. The van der Waals surface area contributed by atoms with E-state index in [1.165, 1.54) is 12.1 Å². The van der Waals surface area contributed by atoms with E-state index in [1.807, 2.05) is 0 Å². The minimum atomic E-state index is -0.780. The third kappa shape index (κ3) is 5.13. The highest BCUT2D eigenvalue weighted by Crippen LogP contribution is 2.51. The summed E-state index contributed by atoms with van der Waals surface area (Å²) < 4.78 is 45.3. The number of carbonyl (C=O) groups excluding carboxylic acids is 1. The molecule has 4 aliphatic rings. The Hall–Kier alpha value is -3.99. The third-order valence-electron chi connectivity index (χ3n) is 10.8. The molecule has 4 aliphatic heterocycles. The van der Waals surface area contributed by atoms with Crippen LogP contribution >= 0.6 is 22.9 Å². The summed E-state index contributed by atoms with van der Waals surface area (Å²) in [6, 6.07) is 4.43. The van der Waals surface area contributed by atoms with Gasteiger partial charge < -0.3 is 25.0 Å². The molecule has 8 rings (SSSR count). The van der Waals surface area contributed by atoms with Crippen LogP contribution in [0.15, 0.2) is 12.1 Å². The zero-order chi connectivity index (χ0) is 34.2. The van der Waals surface area contributed by atoms with Crippen LogP contribution in [0.1, 0.15) is 51.0 Å². The first-order valence-corrected chi connectivity index (χ1v) is 17.9. The van der Waals surface area contributed by atoms with Crippen LogP contribution in [0.2, 0.25) is 5.02 Å². The first kappa shape index (κ1) is 32.2. The van der Waals surface area contributed by atoms with Gasteiger partial charge in [-0.15, -0.1) is 11.3 Å². The van der Waals surface area contributed by atoms with Crippen molar-refractivity contribution in [2.24, 2.45) is 5.92 Å². The van der Waals surface area contributed by atoms with Crippen LogP contribution in [0.25, 0.3) is 32.1 Å². The van der Waals surface area contributed by atoms with Gasteiger partial charge in [-0.05, 0) is 49.8 Å². The van der Waals surface area contributed by atoms with Crippen molar-refractivity contribution in [1.29, 1.82) is 5.26 Å². The zero-order valence-corrected chi connectivity index (χ0v) is 28.9. The number of fused-ring (bicyclic) bond motifs is 4. The van der Waals surface area contributed by atoms with Crippen LogP contribution in [0, 0.1) is 28.9 Å². The quantitative estimate of drug-likeness (QED) is 0.258. The lowest BCUT2D eigenvalue weighted by molar-refractivity contribution is -0.130. The Bertz CT molecular complexity index is 2070. The minimum Gasteiger partial charge on any atom is -0.491 e. The number of hydrogen-bond donors (Lipinski definition) is 1. The number of nitriles is 1. The van der Waals surface area contributed by atoms with Crippen LogP contribution in [0.4, 0.5) is 19.6 Å². The van der Waals surface area contributed by atoms with Crippen LogP contribution in [-0.4, -0.2) is 83.7 Å². The Balaban J connectivity index is 1.35. The average Bonchev–Trinajstić information content (AvgIpc) is 3.71. The molecule has 4 aromatic rings. The summed E-state index contributed by atoms with van der Waals surface area (Å²) in [5.74, 6) is -0.236. The number of halogens is 3. The number of thiophene rings is 1. The highest BCUT2D eigenvalue weighted by atomic mass is 35.5. The van der Waals surface area contributed by atoms with Crippen molar-refractivity contribution in [3.05, 3.63) is 34.4 Å². The molecule has 3 fully saturated rings. The van der Waals surface area contributed by atoms with Crippen molar-refractivity contribution in [1.82, 2.24) is 19.8 Å². The van der Waals surface area contributed by atoms with E-state index in [9.17, 15) is 10.1 Å². The van der Waals surface area contributed by atoms with Crippen LogP contribution in [0.5, 0.6) is 11.8 Å². The van der Waals surface area contributed by atoms with Crippen LogP contribution in [0.3, 0.4) is 0 Å². The van der Waals surface area contributed by atoms with E-state index < -0.39 is 11.6 Å². The fourth-order valence-corrected chi connectivity index (χ4v) is 9.78.